The number of sulfonamides is 1. The summed E-state index contributed by atoms with van der Waals surface area (Å²) in [5, 5.41) is 0. The number of hydrogen-bond acceptors (Lipinski definition) is 3. The average molecular weight is 399 g/mol. The first-order valence-electron chi connectivity index (χ1n) is 9.69. The molecule has 0 saturated heterocycles. The molecule has 148 valence electrons. The highest BCUT2D eigenvalue weighted by atomic mass is 32.2. The Bertz CT molecular complexity index is 1040. The van der Waals surface area contributed by atoms with Crippen LogP contribution < -0.4 is 9.62 Å². The molecule has 1 aliphatic heterocycles. The van der Waals surface area contributed by atoms with Crippen molar-refractivity contribution in [2.75, 3.05) is 11.4 Å². The number of carbonyl (C=O) groups is 1. The highest BCUT2D eigenvalue weighted by molar-refractivity contribution is 7.89. The Hall–Kier alpha value is -2.18. The van der Waals surface area contributed by atoms with E-state index in [0.717, 1.165) is 35.2 Å². The van der Waals surface area contributed by atoms with E-state index in [2.05, 4.69) is 18.6 Å². The number of anilines is 1. The summed E-state index contributed by atoms with van der Waals surface area (Å²) in [4.78, 5) is 14.7. The Labute approximate surface area is 166 Å². The molecule has 4 rings (SSSR count). The van der Waals surface area contributed by atoms with Gasteiger partial charge in [0.25, 0.3) is 0 Å². The van der Waals surface area contributed by atoms with Crippen molar-refractivity contribution in [3.63, 3.8) is 0 Å². The Kier molecular flexibility index (Phi) is 4.59. The number of nitrogens with zero attached hydrogens (tertiary/aromatic N) is 1. The van der Waals surface area contributed by atoms with E-state index in [1.165, 1.54) is 0 Å². The molecule has 1 amide bonds. The van der Waals surface area contributed by atoms with Gasteiger partial charge in [-0.3, -0.25) is 4.79 Å². The lowest BCUT2D eigenvalue weighted by Crippen LogP contribution is -2.34. The van der Waals surface area contributed by atoms with Crippen LogP contribution >= 0.6 is 0 Å². The van der Waals surface area contributed by atoms with Crippen LogP contribution in [0.3, 0.4) is 0 Å². The molecule has 2 aromatic rings. The zero-order valence-electron chi connectivity index (χ0n) is 16.5. The van der Waals surface area contributed by atoms with Crippen LogP contribution in [0.2, 0.25) is 0 Å². The standard InChI is InChI=1S/C22H26N2O3S/c1-15-6-4-5-7-17(15)13-23-28(26,27)18-10-11-20-19(12-18)22(2,3)14-24(20)21(25)16-8-9-16/h4-7,10-12,16,23H,8-9,13-14H2,1-3H3. The summed E-state index contributed by atoms with van der Waals surface area (Å²) in [5.41, 5.74) is 3.49. The third-order valence-corrected chi connectivity index (χ3v) is 7.16. The Morgan fingerprint density at radius 1 is 1.18 bits per heavy atom. The monoisotopic (exact) mass is 398 g/mol. The quantitative estimate of drug-likeness (QED) is 0.838. The minimum Gasteiger partial charge on any atom is -0.311 e. The Balaban J connectivity index is 1.61. The van der Waals surface area contributed by atoms with Crippen LogP contribution in [0.5, 0.6) is 0 Å². The predicted molar refractivity (Wildman–Crippen MR) is 110 cm³/mol. The van der Waals surface area contributed by atoms with Crippen molar-refractivity contribution < 1.29 is 13.2 Å². The average Bonchev–Trinajstić information content (AvgIpc) is 3.46. The van der Waals surface area contributed by atoms with E-state index in [-0.39, 0.29) is 28.7 Å². The Morgan fingerprint density at radius 2 is 1.89 bits per heavy atom. The fourth-order valence-corrected chi connectivity index (χ4v) is 4.87. The van der Waals surface area contributed by atoms with Gasteiger partial charge in [-0.15, -0.1) is 0 Å². The number of nitrogens with one attached hydrogen (secondary N) is 1. The van der Waals surface area contributed by atoms with E-state index in [9.17, 15) is 13.2 Å². The molecule has 0 unspecified atom stereocenters. The first-order valence-corrected chi connectivity index (χ1v) is 11.2. The lowest BCUT2D eigenvalue weighted by Gasteiger charge is -2.20. The van der Waals surface area contributed by atoms with E-state index >= 15 is 0 Å². The van der Waals surface area contributed by atoms with Crippen LogP contribution in [0, 0.1) is 12.8 Å². The van der Waals surface area contributed by atoms with Gasteiger partial charge < -0.3 is 4.90 Å². The molecule has 0 radical (unpaired) electrons. The second kappa shape index (κ2) is 6.71. The molecule has 0 atom stereocenters. The molecule has 28 heavy (non-hydrogen) atoms. The first kappa shape index (κ1) is 19.2. The van der Waals surface area contributed by atoms with Crippen LogP contribution in [0.1, 0.15) is 43.4 Å². The van der Waals surface area contributed by atoms with Gasteiger partial charge in [0.1, 0.15) is 0 Å². The van der Waals surface area contributed by atoms with Crippen LogP contribution in [-0.2, 0) is 26.8 Å². The second-order valence-corrected chi connectivity index (χ2v) is 10.3. The molecule has 0 bridgehead atoms. The zero-order chi connectivity index (χ0) is 20.1. The van der Waals surface area contributed by atoms with E-state index in [0.29, 0.717) is 6.54 Å². The molecular formula is C22H26N2O3S. The minimum absolute atomic E-state index is 0.140. The van der Waals surface area contributed by atoms with Gasteiger partial charge in [-0.2, -0.15) is 0 Å². The molecule has 2 aliphatic rings. The molecule has 5 nitrogen and oxygen atoms in total. The van der Waals surface area contributed by atoms with E-state index in [4.69, 9.17) is 0 Å². The molecule has 1 saturated carbocycles. The van der Waals surface area contributed by atoms with Crippen LogP contribution in [0.4, 0.5) is 5.69 Å². The fraction of sp³-hybridized carbons (Fsp3) is 0.409. The number of fused-ring (bicyclic) bond motifs is 1. The van der Waals surface area contributed by atoms with Crippen molar-refractivity contribution in [2.45, 2.75) is 50.5 Å². The first-order chi connectivity index (χ1) is 13.2. The molecular weight excluding hydrogens is 372 g/mol. The molecule has 1 heterocycles. The van der Waals surface area contributed by atoms with E-state index < -0.39 is 10.0 Å². The van der Waals surface area contributed by atoms with Crippen molar-refractivity contribution in [2.24, 2.45) is 5.92 Å². The number of rotatable bonds is 5. The number of benzene rings is 2. The Morgan fingerprint density at radius 3 is 2.57 bits per heavy atom. The zero-order valence-corrected chi connectivity index (χ0v) is 17.3. The van der Waals surface area contributed by atoms with Gasteiger partial charge in [-0.05, 0) is 54.7 Å². The fourth-order valence-electron chi connectivity index (χ4n) is 3.84. The summed E-state index contributed by atoms with van der Waals surface area (Å²) in [7, 11) is -3.64. The minimum atomic E-state index is -3.64. The smallest absolute Gasteiger partial charge is 0.240 e. The highest BCUT2D eigenvalue weighted by Gasteiger charge is 2.43. The summed E-state index contributed by atoms with van der Waals surface area (Å²) >= 11 is 0. The third-order valence-electron chi connectivity index (χ3n) is 5.76. The van der Waals surface area contributed by atoms with Crippen LogP contribution in [0.15, 0.2) is 47.4 Å². The summed E-state index contributed by atoms with van der Waals surface area (Å²) in [5.74, 6) is 0.307. The van der Waals surface area contributed by atoms with Crippen molar-refractivity contribution in [3.8, 4) is 0 Å². The van der Waals surface area contributed by atoms with Gasteiger partial charge in [-0.25, -0.2) is 13.1 Å². The predicted octanol–water partition coefficient (Wildman–Crippen LogP) is 3.51. The molecule has 0 spiro atoms. The van der Waals surface area contributed by atoms with E-state index in [1.54, 1.807) is 18.2 Å². The van der Waals surface area contributed by atoms with Gasteiger partial charge >= 0.3 is 0 Å². The number of amides is 1. The second-order valence-electron chi connectivity index (χ2n) is 8.51. The van der Waals surface area contributed by atoms with Crippen molar-refractivity contribution in [3.05, 3.63) is 59.2 Å². The molecule has 1 aliphatic carbocycles. The van der Waals surface area contributed by atoms with Gasteiger partial charge in [0, 0.05) is 30.1 Å². The van der Waals surface area contributed by atoms with E-state index in [1.807, 2.05) is 36.1 Å². The number of carbonyl (C=O) groups excluding carboxylic acids is 1. The van der Waals surface area contributed by atoms with Crippen molar-refractivity contribution in [1.82, 2.24) is 4.72 Å². The lowest BCUT2D eigenvalue weighted by molar-refractivity contribution is -0.119. The summed E-state index contributed by atoms with van der Waals surface area (Å²) in [6, 6.07) is 12.8. The molecule has 1 N–H and O–H groups in total. The van der Waals surface area contributed by atoms with Crippen LogP contribution in [0.25, 0.3) is 0 Å². The number of aryl methyl sites for hydroxylation is 1. The summed E-state index contributed by atoms with van der Waals surface area (Å²) in [6.07, 6.45) is 1.92. The van der Waals surface area contributed by atoms with Gasteiger partial charge in [-0.1, -0.05) is 38.1 Å². The highest BCUT2D eigenvalue weighted by Crippen LogP contribution is 2.44. The topological polar surface area (TPSA) is 66.5 Å². The largest absolute Gasteiger partial charge is 0.311 e. The maximum absolute atomic E-state index is 12.9. The van der Waals surface area contributed by atoms with Gasteiger partial charge in [0.2, 0.25) is 15.9 Å². The molecule has 1 fully saturated rings. The maximum atomic E-state index is 12.9. The summed E-state index contributed by atoms with van der Waals surface area (Å²) in [6.45, 7) is 6.93. The van der Waals surface area contributed by atoms with Gasteiger partial charge in [0.05, 0.1) is 4.90 Å². The summed E-state index contributed by atoms with van der Waals surface area (Å²) < 4.78 is 28.4. The normalized spacial score (nSPS) is 18.2. The third kappa shape index (κ3) is 3.47. The van der Waals surface area contributed by atoms with Crippen LogP contribution in [-0.4, -0.2) is 20.9 Å². The molecule has 0 aromatic heterocycles. The van der Waals surface area contributed by atoms with Crippen molar-refractivity contribution in [1.29, 1.82) is 0 Å². The SMILES string of the molecule is Cc1ccccc1CNS(=O)(=O)c1ccc2c(c1)C(C)(C)CN2C(=O)C1CC1. The lowest BCUT2D eigenvalue weighted by atomic mass is 9.87. The molecule has 6 heteroatoms. The molecule has 2 aromatic carbocycles. The maximum Gasteiger partial charge on any atom is 0.240 e. The van der Waals surface area contributed by atoms with Crippen molar-refractivity contribution >= 4 is 21.6 Å². The van der Waals surface area contributed by atoms with Gasteiger partial charge in [0.15, 0.2) is 0 Å². The number of hydrogen-bond donors (Lipinski definition) is 1.